The zero-order valence-electron chi connectivity index (χ0n) is 23.1. The lowest BCUT2D eigenvalue weighted by Crippen LogP contribution is -2.41. The van der Waals surface area contributed by atoms with Crippen molar-refractivity contribution in [2.24, 2.45) is 0 Å². The number of allylic oxidation sites excluding steroid dienone is 4. The Morgan fingerprint density at radius 1 is 0.756 bits per heavy atom. The monoisotopic (exact) mass is 546 g/mol. The lowest BCUT2D eigenvalue weighted by atomic mass is 9.58. The number of fused-ring (bicyclic) bond motifs is 2. The molecule has 0 spiro atoms. The molecule has 41 heavy (non-hydrogen) atoms. The van der Waals surface area contributed by atoms with Crippen LogP contribution in [0.5, 0.6) is 0 Å². The van der Waals surface area contributed by atoms with Gasteiger partial charge in [0.1, 0.15) is 0 Å². The standard InChI is InChI=1S/C37H31BN2S/c1-3-4-7-15-26(2)39-37-30(20-14-23-35(37)41)31-24-28(27-16-8-5-9-17-27)25-34-36(31)38-32-21-12-13-22-33(32)40(34)29-18-10-6-11-19-29/h3-25,38-39,41H,2H2,1H3/b4-3-,15-7-. The number of benzene rings is 5. The van der Waals surface area contributed by atoms with Crippen LogP contribution in [0, 0.1) is 0 Å². The number of hydrogen-bond acceptors (Lipinski definition) is 3. The maximum Gasteiger partial charge on any atom is 0.198 e. The van der Waals surface area contributed by atoms with Crippen LogP contribution in [0.4, 0.5) is 22.7 Å². The molecule has 4 heteroatoms. The summed E-state index contributed by atoms with van der Waals surface area (Å²) in [6.07, 6.45) is 7.96. The van der Waals surface area contributed by atoms with E-state index in [1.165, 1.54) is 39.0 Å². The maximum atomic E-state index is 4.89. The molecular weight excluding hydrogens is 515 g/mol. The molecule has 0 amide bonds. The van der Waals surface area contributed by atoms with Gasteiger partial charge in [-0.05, 0) is 71.6 Å². The van der Waals surface area contributed by atoms with Gasteiger partial charge in [0.15, 0.2) is 7.28 Å². The molecule has 6 rings (SSSR count). The van der Waals surface area contributed by atoms with E-state index in [-0.39, 0.29) is 0 Å². The smallest absolute Gasteiger partial charge is 0.198 e. The van der Waals surface area contributed by atoms with Gasteiger partial charge in [0.05, 0.1) is 5.69 Å². The van der Waals surface area contributed by atoms with Crippen molar-refractivity contribution < 1.29 is 0 Å². The third-order valence-corrected chi connectivity index (χ3v) is 7.78. The molecule has 1 heterocycles. The van der Waals surface area contributed by atoms with Gasteiger partial charge in [-0.3, -0.25) is 0 Å². The molecule has 0 aliphatic carbocycles. The minimum absolute atomic E-state index is 0.801. The van der Waals surface area contributed by atoms with Crippen molar-refractivity contribution in [3.63, 3.8) is 0 Å². The molecule has 198 valence electrons. The van der Waals surface area contributed by atoms with Crippen LogP contribution in [0.1, 0.15) is 6.92 Å². The lowest BCUT2D eigenvalue weighted by molar-refractivity contribution is 1.29. The van der Waals surface area contributed by atoms with Crippen LogP contribution in [-0.2, 0) is 0 Å². The van der Waals surface area contributed by atoms with Crippen molar-refractivity contribution in [3.8, 4) is 22.3 Å². The number of hydrogen-bond donors (Lipinski definition) is 2. The fraction of sp³-hybridized carbons (Fsp3) is 0.0270. The summed E-state index contributed by atoms with van der Waals surface area (Å²) in [4.78, 5) is 3.28. The molecule has 0 atom stereocenters. The number of anilines is 4. The van der Waals surface area contributed by atoms with Crippen LogP contribution >= 0.6 is 12.6 Å². The Labute approximate surface area is 249 Å². The topological polar surface area (TPSA) is 15.3 Å². The molecular formula is C37H31BN2S. The van der Waals surface area contributed by atoms with E-state index in [2.05, 4.69) is 126 Å². The van der Waals surface area contributed by atoms with Crippen molar-refractivity contribution in [3.05, 3.63) is 152 Å². The predicted octanol–water partition coefficient (Wildman–Crippen LogP) is 8.54. The molecule has 1 N–H and O–H groups in total. The van der Waals surface area contributed by atoms with Crippen molar-refractivity contribution in [1.29, 1.82) is 0 Å². The Balaban J connectivity index is 1.61. The predicted molar refractivity (Wildman–Crippen MR) is 182 cm³/mol. The van der Waals surface area contributed by atoms with E-state index in [9.17, 15) is 0 Å². The molecule has 0 aromatic heterocycles. The van der Waals surface area contributed by atoms with E-state index < -0.39 is 0 Å². The summed E-state index contributed by atoms with van der Waals surface area (Å²) in [6, 6.07) is 40.9. The van der Waals surface area contributed by atoms with Crippen molar-refractivity contribution in [1.82, 2.24) is 0 Å². The van der Waals surface area contributed by atoms with E-state index in [4.69, 9.17) is 12.6 Å². The molecule has 0 radical (unpaired) electrons. The van der Waals surface area contributed by atoms with Gasteiger partial charge in [-0.1, -0.05) is 109 Å². The Morgan fingerprint density at radius 3 is 2.27 bits per heavy atom. The number of thiol groups is 1. The third kappa shape index (κ3) is 5.39. The highest BCUT2D eigenvalue weighted by Gasteiger charge is 2.28. The first-order valence-electron chi connectivity index (χ1n) is 13.9. The average molecular weight is 547 g/mol. The Kier molecular flexibility index (Phi) is 7.66. The van der Waals surface area contributed by atoms with Gasteiger partial charge in [0.2, 0.25) is 0 Å². The Bertz CT molecular complexity index is 1770. The summed E-state index contributed by atoms with van der Waals surface area (Å²) < 4.78 is 0. The number of rotatable bonds is 7. The molecule has 1 aliphatic heterocycles. The van der Waals surface area contributed by atoms with Crippen molar-refractivity contribution >= 4 is 53.6 Å². The summed E-state index contributed by atoms with van der Waals surface area (Å²) in [5.41, 5.74) is 12.5. The van der Waals surface area contributed by atoms with Gasteiger partial charge in [-0.15, -0.1) is 12.6 Å². The van der Waals surface area contributed by atoms with Crippen LogP contribution in [0.25, 0.3) is 22.3 Å². The normalized spacial score (nSPS) is 12.2. The first kappa shape index (κ1) is 26.6. The highest BCUT2D eigenvalue weighted by molar-refractivity contribution is 7.80. The molecule has 2 nitrogen and oxygen atoms in total. The molecule has 0 bridgehead atoms. The molecule has 5 aromatic rings. The van der Waals surface area contributed by atoms with E-state index in [0.717, 1.165) is 34.8 Å². The number of nitrogens with zero attached hydrogens (tertiary/aromatic N) is 1. The Hall–Kier alpha value is -4.67. The summed E-state index contributed by atoms with van der Waals surface area (Å²) >= 11 is 4.89. The van der Waals surface area contributed by atoms with Gasteiger partial charge >= 0.3 is 0 Å². The fourth-order valence-corrected chi connectivity index (χ4v) is 5.78. The highest BCUT2D eigenvalue weighted by atomic mass is 32.1. The number of para-hydroxylation sites is 3. The second-order valence-electron chi connectivity index (χ2n) is 10.1. The molecule has 1 aliphatic rings. The molecule has 0 saturated heterocycles. The third-order valence-electron chi connectivity index (χ3n) is 7.41. The zero-order valence-corrected chi connectivity index (χ0v) is 24.0. The molecule has 0 fully saturated rings. The summed E-state index contributed by atoms with van der Waals surface area (Å²) in [5, 5.41) is 3.56. The van der Waals surface area contributed by atoms with Crippen molar-refractivity contribution in [2.45, 2.75) is 11.8 Å². The zero-order chi connectivity index (χ0) is 28.2. The highest BCUT2D eigenvalue weighted by Crippen LogP contribution is 2.41. The maximum absolute atomic E-state index is 4.89. The van der Waals surface area contributed by atoms with Crippen LogP contribution in [0.2, 0.25) is 0 Å². The van der Waals surface area contributed by atoms with Crippen molar-refractivity contribution in [2.75, 3.05) is 10.2 Å². The lowest BCUT2D eigenvalue weighted by Gasteiger charge is -2.35. The van der Waals surface area contributed by atoms with Crippen LogP contribution in [-0.4, -0.2) is 7.28 Å². The minimum atomic E-state index is 0.801. The molecule has 0 unspecified atom stereocenters. The van der Waals surface area contributed by atoms with E-state index >= 15 is 0 Å². The second-order valence-corrected chi connectivity index (χ2v) is 10.6. The van der Waals surface area contributed by atoms with Gasteiger partial charge in [0.25, 0.3) is 0 Å². The summed E-state index contributed by atoms with van der Waals surface area (Å²) in [5.74, 6) is 0. The largest absolute Gasteiger partial charge is 0.355 e. The van der Waals surface area contributed by atoms with Gasteiger partial charge in [-0.2, -0.15) is 0 Å². The SMILES string of the molecule is C=C(/C=C\C=C/C)Nc1c(S)cccc1-c1cc(-c2ccccc2)cc2c1Bc1ccccc1N2c1ccccc1. The van der Waals surface area contributed by atoms with Gasteiger partial charge < -0.3 is 10.2 Å². The average Bonchev–Trinajstić information content (AvgIpc) is 3.01. The molecule has 5 aromatic carbocycles. The van der Waals surface area contributed by atoms with E-state index in [1.54, 1.807) is 0 Å². The first-order chi connectivity index (χ1) is 20.1. The Morgan fingerprint density at radius 2 is 1.49 bits per heavy atom. The minimum Gasteiger partial charge on any atom is -0.355 e. The second kappa shape index (κ2) is 11.8. The van der Waals surface area contributed by atoms with E-state index in [0.29, 0.717) is 0 Å². The van der Waals surface area contributed by atoms with Crippen LogP contribution in [0.3, 0.4) is 0 Å². The van der Waals surface area contributed by atoms with Crippen LogP contribution < -0.4 is 21.1 Å². The van der Waals surface area contributed by atoms with E-state index in [1.807, 2.05) is 37.3 Å². The quantitative estimate of drug-likeness (QED) is 0.119. The summed E-state index contributed by atoms with van der Waals surface area (Å²) in [7, 11) is 0.831. The first-order valence-corrected chi connectivity index (χ1v) is 14.3. The number of nitrogens with one attached hydrogen (secondary N) is 1. The fourth-order valence-electron chi connectivity index (χ4n) is 5.51. The van der Waals surface area contributed by atoms with Gasteiger partial charge in [0, 0.05) is 33.2 Å². The van der Waals surface area contributed by atoms with Gasteiger partial charge in [-0.25, -0.2) is 0 Å². The molecule has 0 saturated carbocycles. The van der Waals surface area contributed by atoms with Crippen LogP contribution in [0.15, 0.2) is 157 Å². The summed E-state index contributed by atoms with van der Waals surface area (Å²) in [6.45, 7) is 6.26.